The van der Waals surface area contributed by atoms with E-state index in [4.69, 9.17) is 4.42 Å². The zero-order valence-electron chi connectivity index (χ0n) is 11.1. The van der Waals surface area contributed by atoms with Gasteiger partial charge in [0.25, 0.3) is 0 Å². The van der Waals surface area contributed by atoms with E-state index in [1.807, 2.05) is 12.1 Å². The lowest BCUT2D eigenvalue weighted by Crippen LogP contribution is -2.21. The van der Waals surface area contributed by atoms with Crippen LogP contribution in [-0.2, 0) is 0 Å². The topological polar surface area (TPSA) is 25.2 Å². The fourth-order valence-electron chi connectivity index (χ4n) is 2.14. The van der Waals surface area contributed by atoms with E-state index in [0.29, 0.717) is 6.04 Å². The Balaban J connectivity index is 2.11. The second-order valence-corrected chi connectivity index (χ2v) is 4.51. The van der Waals surface area contributed by atoms with Crippen molar-refractivity contribution in [2.45, 2.75) is 32.7 Å². The van der Waals surface area contributed by atoms with Gasteiger partial charge in [-0.05, 0) is 37.1 Å². The van der Waals surface area contributed by atoms with E-state index in [-0.39, 0.29) is 0 Å². The third-order valence-electron chi connectivity index (χ3n) is 3.17. The Labute approximate surface area is 109 Å². The van der Waals surface area contributed by atoms with Gasteiger partial charge in [0.05, 0.1) is 6.26 Å². The number of benzene rings is 1. The predicted octanol–water partition coefficient (Wildman–Crippen LogP) is 4.40. The molecule has 2 nitrogen and oxygen atoms in total. The smallest absolute Gasteiger partial charge is 0.133 e. The zero-order valence-corrected chi connectivity index (χ0v) is 11.1. The summed E-state index contributed by atoms with van der Waals surface area (Å²) in [7, 11) is 0. The average Bonchev–Trinajstić information content (AvgIpc) is 2.94. The predicted molar refractivity (Wildman–Crippen MR) is 75.5 cm³/mol. The lowest BCUT2D eigenvalue weighted by molar-refractivity contribution is 0.518. The highest BCUT2D eigenvalue weighted by Crippen LogP contribution is 2.23. The number of furan rings is 1. The molecule has 18 heavy (non-hydrogen) atoms. The summed E-state index contributed by atoms with van der Waals surface area (Å²) >= 11 is 0. The van der Waals surface area contributed by atoms with E-state index >= 15 is 0 Å². The molecule has 0 bridgehead atoms. The fourth-order valence-corrected chi connectivity index (χ4v) is 2.14. The van der Waals surface area contributed by atoms with Gasteiger partial charge in [-0.2, -0.15) is 0 Å². The van der Waals surface area contributed by atoms with Crippen LogP contribution in [0.25, 0.3) is 11.3 Å². The van der Waals surface area contributed by atoms with Crippen molar-refractivity contribution in [3.8, 4) is 11.3 Å². The van der Waals surface area contributed by atoms with Crippen LogP contribution in [-0.4, -0.2) is 6.54 Å². The summed E-state index contributed by atoms with van der Waals surface area (Å²) in [6.45, 7) is 5.48. The Morgan fingerprint density at radius 2 is 1.89 bits per heavy atom. The molecule has 0 amide bonds. The largest absolute Gasteiger partial charge is 0.464 e. The molecule has 1 unspecified atom stereocenters. The van der Waals surface area contributed by atoms with Gasteiger partial charge in [0.15, 0.2) is 0 Å². The molecule has 2 rings (SSSR count). The summed E-state index contributed by atoms with van der Waals surface area (Å²) in [5.41, 5.74) is 2.48. The summed E-state index contributed by atoms with van der Waals surface area (Å²) in [6.07, 6.45) is 3.99. The van der Waals surface area contributed by atoms with E-state index in [9.17, 15) is 0 Å². The second-order valence-electron chi connectivity index (χ2n) is 4.51. The molecule has 1 heterocycles. The second kappa shape index (κ2) is 6.41. The number of hydrogen-bond acceptors (Lipinski definition) is 2. The molecular weight excluding hydrogens is 222 g/mol. The van der Waals surface area contributed by atoms with Crippen molar-refractivity contribution in [2.24, 2.45) is 0 Å². The van der Waals surface area contributed by atoms with Crippen molar-refractivity contribution >= 4 is 0 Å². The van der Waals surface area contributed by atoms with E-state index in [0.717, 1.165) is 24.3 Å². The Bertz CT molecular complexity index is 444. The van der Waals surface area contributed by atoms with E-state index in [1.54, 1.807) is 6.26 Å². The van der Waals surface area contributed by atoms with Gasteiger partial charge in [0.1, 0.15) is 5.76 Å². The molecule has 0 fully saturated rings. The average molecular weight is 243 g/mol. The molecule has 0 spiro atoms. The molecule has 2 heteroatoms. The Kier molecular flexibility index (Phi) is 4.59. The molecule has 0 aliphatic heterocycles. The number of hydrogen-bond donors (Lipinski definition) is 1. The third-order valence-corrected chi connectivity index (χ3v) is 3.17. The van der Waals surface area contributed by atoms with Crippen molar-refractivity contribution < 1.29 is 4.42 Å². The highest BCUT2D eigenvalue weighted by molar-refractivity contribution is 5.57. The molecular formula is C16H21NO. The van der Waals surface area contributed by atoms with Crippen molar-refractivity contribution in [1.29, 1.82) is 0 Å². The summed E-state index contributed by atoms with van der Waals surface area (Å²) in [5, 5.41) is 3.57. The molecule has 1 aromatic carbocycles. The molecule has 2 aromatic rings. The molecule has 0 saturated heterocycles. The minimum Gasteiger partial charge on any atom is -0.464 e. The van der Waals surface area contributed by atoms with Crippen molar-refractivity contribution in [3.05, 3.63) is 48.2 Å². The van der Waals surface area contributed by atoms with Crippen LogP contribution in [0, 0.1) is 0 Å². The van der Waals surface area contributed by atoms with Gasteiger partial charge in [-0.3, -0.25) is 0 Å². The lowest BCUT2D eigenvalue weighted by atomic mass is 10.0. The van der Waals surface area contributed by atoms with Gasteiger partial charge in [-0.15, -0.1) is 0 Å². The maximum absolute atomic E-state index is 5.40. The van der Waals surface area contributed by atoms with Gasteiger partial charge in [-0.25, -0.2) is 0 Å². The fraction of sp³-hybridized carbons (Fsp3) is 0.375. The minimum atomic E-state index is 0.454. The first-order valence-corrected chi connectivity index (χ1v) is 6.72. The maximum Gasteiger partial charge on any atom is 0.133 e. The summed E-state index contributed by atoms with van der Waals surface area (Å²) in [5.74, 6) is 0.927. The van der Waals surface area contributed by atoms with Crippen LogP contribution in [0.5, 0.6) is 0 Å². The third kappa shape index (κ3) is 3.02. The molecule has 0 aliphatic carbocycles. The first-order chi connectivity index (χ1) is 8.85. The number of rotatable bonds is 6. The van der Waals surface area contributed by atoms with Crippen molar-refractivity contribution in [3.63, 3.8) is 0 Å². The van der Waals surface area contributed by atoms with E-state index in [1.165, 1.54) is 12.0 Å². The van der Waals surface area contributed by atoms with Crippen LogP contribution in [0.1, 0.15) is 38.3 Å². The maximum atomic E-state index is 5.40. The first kappa shape index (κ1) is 12.9. The normalized spacial score (nSPS) is 12.6. The van der Waals surface area contributed by atoms with Gasteiger partial charge in [0, 0.05) is 11.6 Å². The molecule has 96 valence electrons. The molecule has 0 aliphatic rings. The van der Waals surface area contributed by atoms with Gasteiger partial charge < -0.3 is 9.73 Å². The molecule has 1 aromatic heterocycles. The minimum absolute atomic E-state index is 0.454. The summed E-state index contributed by atoms with van der Waals surface area (Å²) < 4.78 is 5.40. The van der Waals surface area contributed by atoms with Crippen LogP contribution in [0.15, 0.2) is 47.1 Å². The Morgan fingerprint density at radius 3 is 2.44 bits per heavy atom. The quantitative estimate of drug-likeness (QED) is 0.813. The van der Waals surface area contributed by atoms with Crippen LogP contribution < -0.4 is 5.32 Å². The van der Waals surface area contributed by atoms with Gasteiger partial charge >= 0.3 is 0 Å². The monoisotopic (exact) mass is 243 g/mol. The highest BCUT2D eigenvalue weighted by atomic mass is 16.3. The van der Waals surface area contributed by atoms with Crippen LogP contribution in [0.3, 0.4) is 0 Å². The van der Waals surface area contributed by atoms with Crippen LogP contribution in [0.4, 0.5) is 0 Å². The van der Waals surface area contributed by atoms with Crippen LogP contribution in [0.2, 0.25) is 0 Å². The first-order valence-electron chi connectivity index (χ1n) is 6.72. The van der Waals surface area contributed by atoms with E-state index < -0.39 is 0 Å². The Morgan fingerprint density at radius 1 is 1.11 bits per heavy atom. The van der Waals surface area contributed by atoms with Gasteiger partial charge in [0.2, 0.25) is 0 Å². The molecule has 0 radical (unpaired) electrons. The van der Waals surface area contributed by atoms with Gasteiger partial charge in [-0.1, -0.05) is 38.1 Å². The SMILES string of the molecule is CCCNC(CC)c1ccc(-c2ccco2)cc1. The molecule has 1 N–H and O–H groups in total. The van der Waals surface area contributed by atoms with Crippen molar-refractivity contribution in [1.82, 2.24) is 5.32 Å². The zero-order chi connectivity index (χ0) is 12.8. The van der Waals surface area contributed by atoms with E-state index in [2.05, 4.69) is 43.4 Å². The highest BCUT2D eigenvalue weighted by Gasteiger charge is 2.08. The Hall–Kier alpha value is -1.54. The summed E-state index contributed by atoms with van der Waals surface area (Å²) in [6, 6.07) is 13.0. The lowest BCUT2D eigenvalue weighted by Gasteiger charge is -2.17. The number of nitrogens with one attached hydrogen (secondary N) is 1. The molecule has 0 saturated carbocycles. The van der Waals surface area contributed by atoms with Crippen molar-refractivity contribution in [2.75, 3.05) is 6.54 Å². The summed E-state index contributed by atoms with van der Waals surface area (Å²) in [4.78, 5) is 0. The van der Waals surface area contributed by atoms with Crippen LogP contribution >= 0.6 is 0 Å². The molecule has 1 atom stereocenters. The standard InChI is InChI=1S/C16H21NO/c1-3-11-17-15(4-2)13-7-9-14(10-8-13)16-6-5-12-18-16/h5-10,12,15,17H,3-4,11H2,1-2H3.